The summed E-state index contributed by atoms with van der Waals surface area (Å²) in [7, 11) is 3.21. The summed E-state index contributed by atoms with van der Waals surface area (Å²) in [6.07, 6.45) is -0.814. The standard InChI is InChI=1S/C25H36N2O5/c1-25(2,3)27(24(29)30)20(16-18-10-7-6-8-11-18)21(28)17-26-15-14-19-12-9-13-22(31-4)23(19)32-5/h6-13,20-21,26,28H,14-17H2,1-5H3,(H,29,30)/t20-,21-/m0/s1. The molecule has 3 N–H and O–H groups in total. The lowest BCUT2D eigenvalue weighted by Gasteiger charge is -2.42. The van der Waals surface area contributed by atoms with Gasteiger partial charge in [-0.1, -0.05) is 42.5 Å². The molecule has 0 bridgehead atoms. The number of carbonyl (C=O) groups is 1. The molecule has 2 aromatic rings. The summed E-state index contributed by atoms with van der Waals surface area (Å²) in [5.74, 6) is 1.37. The lowest BCUT2D eigenvalue weighted by Crippen LogP contribution is -2.58. The maximum absolute atomic E-state index is 12.1. The minimum absolute atomic E-state index is 0.268. The predicted octanol–water partition coefficient (Wildman–Crippen LogP) is 3.59. The Morgan fingerprint density at radius 2 is 1.75 bits per heavy atom. The lowest BCUT2D eigenvalue weighted by molar-refractivity contribution is 0.00792. The maximum Gasteiger partial charge on any atom is 0.408 e. The fraction of sp³-hybridized carbons (Fsp3) is 0.480. The number of amides is 1. The number of hydrogen-bond donors (Lipinski definition) is 3. The molecule has 0 fully saturated rings. The Kier molecular flexibility index (Phi) is 9.35. The fourth-order valence-corrected chi connectivity index (χ4v) is 3.94. The molecule has 2 rings (SSSR count). The molecule has 32 heavy (non-hydrogen) atoms. The summed E-state index contributed by atoms with van der Waals surface area (Å²) in [4.78, 5) is 13.5. The SMILES string of the molecule is COc1cccc(CCNC[C@H](O)[C@H](Cc2ccccc2)N(C(=O)O)C(C)(C)C)c1OC. The quantitative estimate of drug-likeness (QED) is 0.459. The van der Waals surface area contributed by atoms with E-state index in [1.807, 2.05) is 69.3 Å². The highest BCUT2D eigenvalue weighted by Gasteiger charge is 2.37. The van der Waals surface area contributed by atoms with Gasteiger partial charge in [-0.15, -0.1) is 0 Å². The predicted molar refractivity (Wildman–Crippen MR) is 126 cm³/mol. The summed E-state index contributed by atoms with van der Waals surface area (Å²) >= 11 is 0. The topological polar surface area (TPSA) is 91.3 Å². The molecule has 0 aliphatic carbocycles. The zero-order chi connectivity index (χ0) is 23.7. The molecular formula is C25H36N2O5. The Bertz CT molecular complexity index is 851. The number of hydrogen-bond acceptors (Lipinski definition) is 5. The van der Waals surface area contributed by atoms with Crippen molar-refractivity contribution in [3.05, 3.63) is 59.7 Å². The second-order valence-electron chi connectivity index (χ2n) is 8.75. The van der Waals surface area contributed by atoms with Crippen LogP contribution >= 0.6 is 0 Å². The summed E-state index contributed by atoms with van der Waals surface area (Å²) in [6, 6.07) is 14.8. The molecule has 0 saturated carbocycles. The molecule has 0 heterocycles. The molecular weight excluding hydrogens is 408 g/mol. The molecule has 1 amide bonds. The number of aliphatic hydroxyl groups excluding tert-OH is 1. The minimum Gasteiger partial charge on any atom is -0.493 e. The van der Waals surface area contributed by atoms with Crippen molar-refractivity contribution in [1.29, 1.82) is 0 Å². The van der Waals surface area contributed by atoms with Crippen LogP contribution in [0.25, 0.3) is 0 Å². The largest absolute Gasteiger partial charge is 0.493 e. The van der Waals surface area contributed by atoms with Crippen molar-refractivity contribution >= 4 is 6.09 Å². The first-order valence-corrected chi connectivity index (χ1v) is 10.8. The second kappa shape index (κ2) is 11.7. The molecule has 0 aliphatic heterocycles. The van der Waals surface area contributed by atoms with E-state index in [0.717, 1.165) is 11.1 Å². The van der Waals surface area contributed by atoms with Gasteiger partial charge in [-0.05, 0) is 57.4 Å². The molecule has 0 spiro atoms. The molecule has 0 saturated heterocycles. The third-order valence-electron chi connectivity index (χ3n) is 5.40. The van der Waals surface area contributed by atoms with Crippen LogP contribution in [0.4, 0.5) is 4.79 Å². The van der Waals surface area contributed by atoms with Gasteiger partial charge in [-0.3, -0.25) is 4.90 Å². The first kappa shape index (κ1) is 25.5. The zero-order valence-electron chi connectivity index (χ0n) is 19.7. The third-order valence-corrected chi connectivity index (χ3v) is 5.40. The van der Waals surface area contributed by atoms with Crippen LogP contribution in [-0.2, 0) is 12.8 Å². The lowest BCUT2D eigenvalue weighted by atomic mass is 9.94. The van der Waals surface area contributed by atoms with Crippen molar-refractivity contribution in [2.45, 2.75) is 51.3 Å². The molecule has 176 valence electrons. The van der Waals surface area contributed by atoms with E-state index in [-0.39, 0.29) is 6.54 Å². The second-order valence-corrected chi connectivity index (χ2v) is 8.75. The van der Waals surface area contributed by atoms with Gasteiger partial charge in [0.1, 0.15) is 0 Å². The number of benzene rings is 2. The first-order chi connectivity index (χ1) is 15.2. The summed E-state index contributed by atoms with van der Waals surface area (Å²) in [5.41, 5.74) is 1.32. The van der Waals surface area contributed by atoms with Crippen LogP contribution in [0.2, 0.25) is 0 Å². The third kappa shape index (κ3) is 6.87. The van der Waals surface area contributed by atoms with Crippen LogP contribution in [0.15, 0.2) is 48.5 Å². The Labute approximate surface area is 191 Å². The van der Waals surface area contributed by atoms with Gasteiger partial charge in [0, 0.05) is 12.1 Å². The van der Waals surface area contributed by atoms with Crippen LogP contribution in [0.5, 0.6) is 11.5 Å². The summed E-state index contributed by atoms with van der Waals surface area (Å²) < 4.78 is 10.8. The van der Waals surface area contributed by atoms with E-state index in [1.165, 1.54) is 4.90 Å². The highest BCUT2D eigenvalue weighted by atomic mass is 16.5. The van der Waals surface area contributed by atoms with Gasteiger partial charge in [0.2, 0.25) is 0 Å². The molecule has 2 atom stereocenters. The summed E-state index contributed by atoms with van der Waals surface area (Å²) in [6.45, 7) is 6.39. The van der Waals surface area contributed by atoms with Crippen LogP contribution in [0.3, 0.4) is 0 Å². The number of carboxylic acid groups (broad SMARTS) is 1. The Morgan fingerprint density at radius 1 is 1.06 bits per heavy atom. The number of para-hydroxylation sites is 1. The maximum atomic E-state index is 12.1. The van der Waals surface area contributed by atoms with Crippen molar-refractivity contribution in [3.8, 4) is 11.5 Å². The average molecular weight is 445 g/mol. The number of methoxy groups -OCH3 is 2. The van der Waals surface area contributed by atoms with Crippen molar-refractivity contribution in [3.63, 3.8) is 0 Å². The van der Waals surface area contributed by atoms with Crippen LogP contribution in [0.1, 0.15) is 31.9 Å². The zero-order valence-corrected chi connectivity index (χ0v) is 19.7. The van der Waals surface area contributed by atoms with Gasteiger partial charge in [0.15, 0.2) is 11.5 Å². The molecule has 2 aromatic carbocycles. The van der Waals surface area contributed by atoms with Crippen molar-refractivity contribution in [1.82, 2.24) is 10.2 Å². The van der Waals surface area contributed by atoms with Gasteiger partial charge >= 0.3 is 6.09 Å². The van der Waals surface area contributed by atoms with Crippen molar-refractivity contribution < 1.29 is 24.5 Å². The number of ether oxygens (including phenoxy) is 2. The molecule has 7 heteroatoms. The summed E-state index contributed by atoms with van der Waals surface area (Å²) in [5, 5.41) is 24.2. The van der Waals surface area contributed by atoms with E-state index < -0.39 is 23.8 Å². The number of aliphatic hydroxyl groups is 1. The van der Waals surface area contributed by atoms with Crippen LogP contribution in [-0.4, -0.2) is 66.2 Å². The van der Waals surface area contributed by atoms with Gasteiger partial charge in [-0.2, -0.15) is 0 Å². The van der Waals surface area contributed by atoms with Gasteiger partial charge < -0.3 is 25.0 Å². The molecule has 0 aromatic heterocycles. The fourth-order valence-electron chi connectivity index (χ4n) is 3.94. The normalized spacial score (nSPS) is 13.3. The van der Waals surface area contributed by atoms with E-state index in [0.29, 0.717) is 30.9 Å². The average Bonchev–Trinajstić information content (AvgIpc) is 2.75. The van der Waals surface area contributed by atoms with E-state index in [9.17, 15) is 15.0 Å². The monoisotopic (exact) mass is 444 g/mol. The molecule has 0 unspecified atom stereocenters. The van der Waals surface area contributed by atoms with Gasteiger partial charge in [0.05, 0.1) is 26.4 Å². The number of rotatable bonds is 11. The van der Waals surface area contributed by atoms with E-state index in [2.05, 4.69) is 5.32 Å². The van der Waals surface area contributed by atoms with Crippen LogP contribution in [0, 0.1) is 0 Å². The van der Waals surface area contributed by atoms with E-state index in [4.69, 9.17) is 9.47 Å². The van der Waals surface area contributed by atoms with Crippen LogP contribution < -0.4 is 14.8 Å². The number of nitrogens with zero attached hydrogens (tertiary/aromatic N) is 1. The van der Waals surface area contributed by atoms with Crippen molar-refractivity contribution in [2.24, 2.45) is 0 Å². The molecule has 7 nitrogen and oxygen atoms in total. The molecule has 0 aliphatic rings. The first-order valence-electron chi connectivity index (χ1n) is 10.8. The molecule has 0 radical (unpaired) electrons. The van der Waals surface area contributed by atoms with Gasteiger partial charge in [0.25, 0.3) is 0 Å². The minimum atomic E-state index is -1.04. The van der Waals surface area contributed by atoms with E-state index in [1.54, 1.807) is 14.2 Å². The van der Waals surface area contributed by atoms with Crippen molar-refractivity contribution in [2.75, 3.05) is 27.3 Å². The Morgan fingerprint density at radius 3 is 2.31 bits per heavy atom. The Hall–Kier alpha value is -2.77. The number of nitrogens with one attached hydrogen (secondary N) is 1. The highest BCUT2D eigenvalue weighted by molar-refractivity contribution is 5.66. The van der Waals surface area contributed by atoms with E-state index >= 15 is 0 Å². The van der Waals surface area contributed by atoms with Gasteiger partial charge in [-0.25, -0.2) is 4.79 Å². The smallest absolute Gasteiger partial charge is 0.408 e. The highest BCUT2D eigenvalue weighted by Crippen LogP contribution is 2.30. The Balaban J connectivity index is 2.08.